The van der Waals surface area contributed by atoms with E-state index in [-0.39, 0.29) is 12.8 Å². The lowest BCUT2D eigenvalue weighted by Gasteiger charge is -2.40. The summed E-state index contributed by atoms with van der Waals surface area (Å²) in [6, 6.07) is -1.20. The smallest absolute Gasteiger partial charge is 0.249 e. The Hall–Kier alpha value is -2.19. The van der Waals surface area contributed by atoms with Gasteiger partial charge in [0.15, 0.2) is 6.29 Å². The molecule has 1 aliphatic heterocycles. The number of carbonyl (C=O) groups is 1. The summed E-state index contributed by atoms with van der Waals surface area (Å²) in [5, 5.41) is 76.5. The van der Waals surface area contributed by atoms with Crippen LogP contribution in [0, 0.1) is 0 Å². The standard InChI is InChI=1S/C73H135NO10/c1-3-5-7-9-11-13-15-17-19-21-23-25-27-29-31-32-33-35-37-39-41-43-45-47-49-51-53-55-57-59-61-66(77)72(82)74-64(63-83-73-71(81)70(80)69(79)67(62-75)84-73)68(78)65(76)60-58-56-54-52-50-48-46-44-42-40-38-36-34-30-28-26-24-22-20-18-16-14-12-10-8-6-4-2/h23,25,29,31,36,38,44,46,52,54,64-71,73,75-81H,3-22,24,26-28,30,32-35,37,39-43,45,47-51,53,55-63H2,1-2H3,(H,74,82)/b25-23-,31-29-,38-36+,46-44+,54-52+. The van der Waals surface area contributed by atoms with Crippen molar-refractivity contribution in [3.05, 3.63) is 60.8 Å². The number of hydrogen-bond acceptors (Lipinski definition) is 10. The minimum Gasteiger partial charge on any atom is -0.394 e. The van der Waals surface area contributed by atoms with Gasteiger partial charge in [0.25, 0.3) is 0 Å². The molecule has 9 unspecified atom stereocenters. The molecule has 0 bridgehead atoms. The molecule has 0 aromatic carbocycles. The predicted octanol–water partition coefficient (Wildman–Crippen LogP) is 17.3. The Balaban J connectivity index is 2.24. The maximum atomic E-state index is 13.3. The summed E-state index contributed by atoms with van der Waals surface area (Å²) in [5.41, 5.74) is 0. The zero-order valence-electron chi connectivity index (χ0n) is 54.4. The second-order valence-electron chi connectivity index (χ2n) is 24.9. The van der Waals surface area contributed by atoms with Crippen LogP contribution < -0.4 is 5.32 Å². The summed E-state index contributed by atoms with van der Waals surface area (Å²) in [6.07, 6.45) is 70.2. The topological polar surface area (TPSA) is 189 Å². The highest BCUT2D eigenvalue weighted by Gasteiger charge is 2.44. The molecular formula is C73H135NO10. The molecule has 1 saturated heterocycles. The van der Waals surface area contributed by atoms with E-state index < -0.39 is 74.2 Å². The molecule has 0 spiro atoms. The van der Waals surface area contributed by atoms with Gasteiger partial charge in [0.2, 0.25) is 5.91 Å². The van der Waals surface area contributed by atoms with Crippen LogP contribution >= 0.6 is 0 Å². The van der Waals surface area contributed by atoms with Crippen LogP contribution in [0.3, 0.4) is 0 Å². The minimum absolute atomic E-state index is 0.240. The molecule has 0 saturated carbocycles. The maximum absolute atomic E-state index is 13.3. The second kappa shape index (κ2) is 61.1. The Morgan fingerprint density at radius 2 is 0.750 bits per heavy atom. The Bertz CT molecular complexity index is 1550. The van der Waals surface area contributed by atoms with Gasteiger partial charge >= 0.3 is 0 Å². The van der Waals surface area contributed by atoms with Gasteiger partial charge in [0, 0.05) is 0 Å². The molecule has 0 aliphatic carbocycles. The first-order valence-corrected chi connectivity index (χ1v) is 35.7. The fourth-order valence-corrected chi connectivity index (χ4v) is 11.3. The maximum Gasteiger partial charge on any atom is 0.249 e. The number of carbonyl (C=O) groups excluding carboxylic acids is 1. The number of ether oxygens (including phenoxy) is 2. The van der Waals surface area contributed by atoms with E-state index in [1.165, 1.54) is 231 Å². The third-order valence-electron chi connectivity index (χ3n) is 17.0. The van der Waals surface area contributed by atoms with Gasteiger partial charge in [-0.2, -0.15) is 0 Å². The largest absolute Gasteiger partial charge is 0.394 e. The fraction of sp³-hybridized carbons (Fsp3) is 0.849. The molecule has 11 nitrogen and oxygen atoms in total. The number of hydrogen-bond donors (Lipinski definition) is 8. The van der Waals surface area contributed by atoms with E-state index in [1.54, 1.807) is 0 Å². The molecule has 0 aromatic heterocycles. The van der Waals surface area contributed by atoms with Gasteiger partial charge in [-0.05, 0) is 96.3 Å². The average molecular weight is 1190 g/mol. The van der Waals surface area contributed by atoms with Crippen molar-refractivity contribution >= 4 is 5.91 Å². The molecule has 1 aliphatic rings. The van der Waals surface area contributed by atoms with E-state index in [0.717, 1.165) is 51.4 Å². The third-order valence-corrected chi connectivity index (χ3v) is 17.0. The zero-order valence-corrected chi connectivity index (χ0v) is 54.4. The van der Waals surface area contributed by atoms with Crippen LogP contribution in [0.4, 0.5) is 0 Å². The molecule has 1 rings (SSSR count). The molecule has 84 heavy (non-hydrogen) atoms. The predicted molar refractivity (Wildman–Crippen MR) is 353 cm³/mol. The molecule has 1 heterocycles. The minimum atomic E-state index is -1.68. The first-order chi connectivity index (χ1) is 41.2. The van der Waals surface area contributed by atoms with E-state index >= 15 is 0 Å². The first kappa shape index (κ1) is 79.8. The van der Waals surface area contributed by atoms with Crippen molar-refractivity contribution in [1.82, 2.24) is 5.32 Å². The van der Waals surface area contributed by atoms with Gasteiger partial charge in [-0.15, -0.1) is 0 Å². The van der Waals surface area contributed by atoms with E-state index in [0.29, 0.717) is 19.3 Å². The summed E-state index contributed by atoms with van der Waals surface area (Å²) in [5.74, 6) is -0.710. The van der Waals surface area contributed by atoms with Crippen LogP contribution in [-0.4, -0.2) is 110 Å². The summed E-state index contributed by atoms with van der Waals surface area (Å²) in [6.45, 7) is 3.48. The molecule has 1 fully saturated rings. The molecule has 0 aromatic rings. The van der Waals surface area contributed by atoms with Crippen molar-refractivity contribution in [2.24, 2.45) is 0 Å². The van der Waals surface area contributed by atoms with Crippen LogP contribution in [0.15, 0.2) is 60.8 Å². The molecule has 11 heteroatoms. The number of rotatable bonds is 62. The van der Waals surface area contributed by atoms with Crippen LogP contribution in [0.5, 0.6) is 0 Å². The molecular weight excluding hydrogens is 1050 g/mol. The average Bonchev–Trinajstić information content (AvgIpc) is 3.66. The molecule has 1 amide bonds. The van der Waals surface area contributed by atoms with Gasteiger partial charge in [-0.3, -0.25) is 4.79 Å². The van der Waals surface area contributed by atoms with Crippen molar-refractivity contribution in [3.8, 4) is 0 Å². The molecule has 9 atom stereocenters. The van der Waals surface area contributed by atoms with Gasteiger partial charge in [-0.1, -0.05) is 293 Å². The lowest BCUT2D eigenvalue weighted by atomic mass is 9.98. The van der Waals surface area contributed by atoms with E-state index in [2.05, 4.69) is 79.9 Å². The fourth-order valence-electron chi connectivity index (χ4n) is 11.3. The third kappa shape index (κ3) is 47.8. The Kier molecular flexibility index (Phi) is 58.0. The lowest BCUT2D eigenvalue weighted by Crippen LogP contribution is -2.60. The molecule has 0 radical (unpaired) electrons. The highest BCUT2D eigenvalue weighted by molar-refractivity contribution is 5.80. The van der Waals surface area contributed by atoms with E-state index in [1.807, 2.05) is 0 Å². The molecule has 492 valence electrons. The Labute approximate surface area is 516 Å². The van der Waals surface area contributed by atoms with Crippen LogP contribution in [0.1, 0.15) is 328 Å². The van der Waals surface area contributed by atoms with Crippen molar-refractivity contribution in [1.29, 1.82) is 0 Å². The highest BCUT2D eigenvalue weighted by Crippen LogP contribution is 2.24. The quantitative estimate of drug-likeness (QED) is 0.0215. The van der Waals surface area contributed by atoms with E-state index in [9.17, 15) is 40.5 Å². The number of amides is 1. The Morgan fingerprint density at radius 3 is 1.13 bits per heavy atom. The number of nitrogens with one attached hydrogen (secondary N) is 1. The zero-order chi connectivity index (χ0) is 61.0. The van der Waals surface area contributed by atoms with Gasteiger partial charge in [0.05, 0.1) is 25.4 Å². The lowest BCUT2D eigenvalue weighted by molar-refractivity contribution is -0.303. The van der Waals surface area contributed by atoms with Crippen molar-refractivity contribution < 1.29 is 50.0 Å². The van der Waals surface area contributed by atoms with Crippen molar-refractivity contribution in [3.63, 3.8) is 0 Å². The second-order valence-corrected chi connectivity index (χ2v) is 24.9. The van der Waals surface area contributed by atoms with Gasteiger partial charge in [-0.25, -0.2) is 0 Å². The summed E-state index contributed by atoms with van der Waals surface area (Å²) in [7, 11) is 0. The summed E-state index contributed by atoms with van der Waals surface area (Å²) < 4.78 is 11.2. The molecule has 8 N–H and O–H groups in total. The Morgan fingerprint density at radius 1 is 0.417 bits per heavy atom. The SMILES string of the molecule is CCCCCCCCCCC/C=C\C/C=C\CCCCCCCCCCCCCCCCC(O)C(=O)NC(COC1OC(CO)C(O)C(O)C1O)C(O)C(O)CCC/C=C/CC/C=C/CC/C=C/CCCCCCCCCCCCCCCC. The van der Waals surface area contributed by atoms with Crippen molar-refractivity contribution in [2.45, 2.75) is 384 Å². The number of unbranched alkanes of at least 4 members (excludes halogenated alkanes) is 40. The number of allylic oxidation sites excluding steroid dienone is 10. The van der Waals surface area contributed by atoms with Crippen LogP contribution in [-0.2, 0) is 14.3 Å². The monoisotopic (exact) mass is 1190 g/mol. The van der Waals surface area contributed by atoms with Gasteiger partial charge in [0.1, 0.15) is 36.6 Å². The van der Waals surface area contributed by atoms with Crippen LogP contribution in [0.25, 0.3) is 0 Å². The summed E-state index contributed by atoms with van der Waals surface area (Å²) in [4.78, 5) is 13.3. The van der Waals surface area contributed by atoms with Crippen molar-refractivity contribution in [2.75, 3.05) is 13.2 Å². The number of aliphatic hydroxyl groups is 7. The normalized spacial score (nSPS) is 19.3. The highest BCUT2D eigenvalue weighted by atomic mass is 16.7. The van der Waals surface area contributed by atoms with Crippen LogP contribution in [0.2, 0.25) is 0 Å². The first-order valence-electron chi connectivity index (χ1n) is 35.7. The number of aliphatic hydroxyl groups excluding tert-OH is 7. The van der Waals surface area contributed by atoms with E-state index in [4.69, 9.17) is 9.47 Å². The summed E-state index contributed by atoms with van der Waals surface area (Å²) >= 11 is 0. The van der Waals surface area contributed by atoms with Gasteiger partial charge < -0.3 is 50.5 Å².